The predicted octanol–water partition coefficient (Wildman–Crippen LogP) is 2.60. The number of likely N-dealkylation sites (tertiary alicyclic amines) is 1. The minimum Gasteiger partial charge on any atom is -0.317 e. The van der Waals surface area contributed by atoms with Crippen molar-refractivity contribution >= 4 is 0 Å². The van der Waals surface area contributed by atoms with E-state index < -0.39 is 0 Å². The van der Waals surface area contributed by atoms with Gasteiger partial charge in [-0.05, 0) is 37.6 Å². The number of nitrogens with one attached hydrogen (secondary N) is 1. The third-order valence-electron chi connectivity index (χ3n) is 4.18. The first kappa shape index (κ1) is 14.0. The Morgan fingerprint density at radius 3 is 2.19 bits per heavy atom. The molecule has 0 aromatic rings. The molecular formula is C14H30N2. The summed E-state index contributed by atoms with van der Waals surface area (Å²) in [4.78, 5) is 2.66. The quantitative estimate of drug-likeness (QED) is 0.792. The number of hydrogen-bond acceptors (Lipinski definition) is 2. The average molecular weight is 226 g/mol. The Hall–Kier alpha value is -0.0800. The van der Waals surface area contributed by atoms with Gasteiger partial charge in [0.05, 0.1) is 0 Å². The van der Waals surface area contributed by atoms with E-state index in [1.807, 2.05) is 0 Å². The van der Waals surface area contributed by atoms with Gasteiger partial charge in [0.25, 0.3) is 0 Å². The van der Waals surface area contributed by atoms with Crippen LogP contribution in [0.1, 0.15) is 41.0 Å². The fourth-order valence-corrected chi connectivity index (χ4v) is 3.03. The van der Waals surface area contributed by atoms with Crippen LogP contribution in [0.3, 0.4) is 0 Å². The molecule has 2 nitrogen and oxygen atoms in total. The fraction of sp³-hybridized carbons (Fsp3) is 1.00. The molecule has 16 heavy (non-hydrogen) atoms. The predicted molar refractivity (Wildman–Crippen MR) is 71.7 cm³/mol. The van der Waals surface area contributed by atoms with Crippen molar-refractivity contribution in [2.75, 3.05) is 26.7 Å². The molecule has 3 unspecified atom stereocenters. The molecule has 1 aliphatic rings. The van der Waals surface area contributed by atoms with E-state index in [1.165, 1.54) is 26.1 Å². The van der Waals surface area contributed by atoms with Gasteiger partial charge in [0.15, 0.2) is 0 Å². The number of piperidine rings is 1. The molecule has 0 aromatic carbocycles. The number of nitrogens with zero attached hydrogens (tertiary/aromatic N) is 1. The molecular weight excluding hydrogens is 196 g/mol. The Labute approximate surface area is 102 Å². The Bertz CT molecular complexity index is 203. The van der Waals surface area contributed by atoms with Crippen molar-refractivity contribution in [3.63, 3.8) is 0 Å². The van der Waals surface area contributed by atoms with Gasteiger partial charge in [-0.15, -0.1) is 0 Å². The Morgan fingerprint density at radius 2 is 1.75 bits per heavy atom. The van der Waals surface area contributed by atoms with Crippen LogP contribution in [0.15, 0.2) is 0 Å². The van der Waals surface area contributed by atoms with E-state index in [9.17, 15) is 0 Å². The highest BCUT2D eigenvalue weighted by atomic mass is 15.1. The van der Waals surface area contributed by atoms with Gasteiger partial charge in [-0.2, -0.15) is 0 Å². The van der Waals surface area contributed by atoms with Crippen LogP contribution in [0.4, 0.5) is 0 Å². The zero-order valence-electron chi connectivity index (χ0n) is 12.0. The molecule has 0 aromatic heterocycles. The SMILES string of the molecule is CNC(C)C(C)(C)CN1CC(C)CC(C)C1. The molecule has 0 spiro atoms. The van der Waals surface area contributed by atoms with Crippen LogP contribution in [-0.4, -0.2) is 37.6 Å². The van der Waals surface area contributed by atoms with E-state index >= 15 is 0 Å². The summed E-state index contributed by atoms with van der Waals surface area (Å²) < 4.78 is 0. The zero-order valence-corrected chi connectivity index (χ0v) is 12.0. The molecule has 0 amide bonds. The minimum atomic E-state index is 0.353. The van der Waals surface area contributed by atoms with Crippen molar-refractivity contribution in [1.82, 2.24) is 10.2 Å². The zero-order chi connectivity index (χ0) is 12.3. The topological polar surface area (TPSA) is 15.3 Å². The lowest BCUT2D eigenvalue weighted by molar-refractivity contribution is 0.0825. The minimum absolute atomic E-state index is 0.353. The van der Waals surface area contributed by atoms with Gasteiger partial charge in [0.1, 0.15) is 0 Å². The second-order valence-electron chi connectivity index (χ2n) is 6.64. The molecule has 1 heterocycles. The van der Waals surface area contributed by atoms with E-state index in [0.29, 0.717) is 11.5 Å². The van der Waals surface area contributed by atoms with Gasteiger partial charge in [-0.25, -0.2) is 0 Å². The van der Waals surface area contributed by atoms with Crippen molar-refractivity contribution < 1.29 is 0 Å². The van der Waals surface area contributed by atoms with Crippen molar-refractivity contribution in [3.05, 3.63) is 0 Å². The Balaban J connectivity index is 2.52. The third kappa shape index (κ3) is 3.74. The van der Waals surface area contributed by atoms with Gasteiger partial charge < -0.3 is 10.2 Å². The maximum atomic E-state index is 3.39. The summed E-state index contributed by atoms with van der Waals surface area (Å²) >= 11 is 0. The second-order valence-corrected chi connectivity index (χ2v) is 6.64. The highest BCUT2D eigenvalue weighted by Gasteiger charge is 2.30. The highest BCUT2D eigenvalue weighted by molar-refractivity contribution is 4.85. The summed E-state index contributed by atoms with van der Waals surface area (Å²) in [5, 5.41) is 3.39. The van der Waals surface area contributed by atoms with E-state index in [0.717, 1.165) is 11.8 Å². The standard InChI is InChI=1S/C14H30N2/c1-11-7-12(2)9-16(8-11)10-14(4,5)13(3)15-6/h11-13,15H,7-10H2,1-6H3. The largest absolute Gasteiger partial charge is 0.317 e. The Morgan fingerprint density at radius 1 is 1.25 bits per heavy atom. The monoisotopic (exact) mass is 226 g/mol. The van der Waals surface area contributed by atoms with Gasteiger partial charge in [-0.1, -0.05) is 27.7 Å². The number of rotatable bonds is 4. The van der Waals surface area contributed by atoms with Gasteiger partial charge in [0, 0.05) is 25.7 Å². The van der Waals surface area contributed by atoms with Gasteiger partial charge in [0.2, 0.25) is 0 Å². The molecule has 1 saturated heterocycles. The van der Waals surface area contributed by atoms with Crippen LogP contribution < -0.4 is 5.32 Å². The molecule has 1 aliphatic heterocycles. The highest BCUT2D eigenvalue weighted by Crippen LogP contribution is 2.27. The van der Waals surface area contributed by atoms with Gasteiger partial charge in [-0.3, -0.25) is 0 Å². The fourth-order valence-electron chi connectivity index (χ4n) is 3.03. The van der Waals surface area contributed by atoms with Crippen molar-refractivity contribution in [2.45, 2.75) is 47.1 Å². The maximum absolute atomic E-state index is 3.39. The van der Waals surface area contributed by atoms with Crippen LogP contribution in [0.25, 0.3) is 0 Å². The number of hydrogen-bond donors (Lipinski definition) is 1. The lowest BCUT2D eigenvalue weighted by Gasteiger charge is -2.42. The molecule has 0 radical (unpaired) electrons. The van der Waals surface area contributed by atoms with Crippen molar-refractivity contribution in [3.8, 4) is 0 Å². The molecule has 1 rings (SSSR count). The average Bonchev–Trinajstić information content (AvgIpc) is 2.13. The first-order valence-corrected chi connectivity index (χ1v) is 6.74. The summed E-state index contributed by atoms with van der Waals surface area (Å²) in [7, 11) is 2.06. The van der Waals surface area contributed by atoms with Crippen molar-refractivity contribution in [2.24, 2.45) is 17.3 Å². The molecule has 0 saturated carbocycles. The van der Waals surface area contributed by atoms with Crippen LogP contribution in [0, 0.1) is 17.3 Å². The van der Waals surface area contributed by atoms with Crippen LogP contribution in [0.5, 0.6) is 0 Å². The molecule has 0 aliphatic carbocycles. The normalized spacial score (nSPS) is 30.4. The summed E-state index contributed by atoms with van der Waals surface area (Å²) in [6, 6.07) is 0.569. The molecule has 96 valence electrons. The molecule has 0 bridgehead atoms. The van der Waals surface area contributed by atoms with E-state index in [-0.39, 0.29) is 0 Å². The van der Waals surface area contributed by atoms with E-state index in [2.05, 4.69) is 51.9 Å². The van der Waals surface area contributed by atoms with Crippen LogP contribution >= 0.6 is 0 Å². The summed E-state index contributed by atoms with van der Waals surface area (Å²) in [6.07, 6.45) is 1.40. The van der Waals surface area contributed by atoms with Crippen LogP contribution in [-0.2, 0) is 0 Å². The molecule has 1 N–H and O–H groups in total. The summed E-state index contributed by atoms with van der Waals surface area (Å²) in [5.41, 5.74) is 0.353. The van der Waals surface area contributed by atoms with Crippen LogP contribution in [0.2, 0.25) is 0 Å². The molecule has 1 fully saturated rings. The first-order chi connectivity index (χ1) is 7.35. The third-order valence-corrected chi connectivity index (χ3v) is 4.18. The summed E-state index contributed by atoms with van der Waals surface area (Å²) in [6.45, 7) is 15.6. The lowest BCUT2D eigenvalue weighted by Crippen LogP contribution is -2.49. The summed E-state index contributed by atoms with van der Waals surface area (Å²) in [5.74, 6) is 1.73. The second kappa shape index (κ2) is 5.50. The smallest absolute Gasteiger partial charge is 0.00991 e. The van der Waals surface area contributed by atoms with E-state index in [4.69, 9.17) is 0 Å². The molecule has 2 heteroatoms. The first-order valence-electron chi connectivity index (χ1n) is 6.74. The van der Waals surface area contributed by atoms with Crippen molar-refractivity contribution in [1.29, 1.82) is 0 Å². The lowest BCUT2D eigenvalue weighted by atomic mass is 9.83. The van der Waals surface area contributed by atoms with E-state index in [1.54, 1.807) is 0 Å². The molecule has 3 atom stereocenters. The Kier molecular flexibility index (Phi) is 4.81. The van der Waals surface area contributed by atoms with Gasteiger partial charge >= 0.3 is 0 Å². The maximum Gasteiger partial charge on any atom is 0.00991 e.